The maximum absolute atomic E-state index is 13.2. The standard InChI is InChI=1S/C25H23F3N2O3S/c1-3-22(24(32)30-21-13-5-4-12-20(21)25(26,27)28)34-19-11-7-9-17(15-19)29-23(31)16-8-6-10-18(14-16)33-2/h4-15,22H,3H2,1-2H3,(H,29,31)(H,30,32). The average Bonchev–Trinajstić information content (AvgIpc) is 2.82. The summed E-state index contributed by atoms with van der Waals surface area (Å²) in [6.45, 7) is 1.78. The van der Waals surface area contributed by atoms with Crippen molar-refractivity contribution < 1.29 is 27.5 Å². The summed E-state index contributed by atoms with van der Waals surface area (Å²) in [6, 6.07) is 18.5. The molecule has 3 aromatic carbocycles. The summed E-state index contributed by atoms with van der Waals surface area (Å²) in [7, 11) is 1.51. The lowest BCUT2D eigenvalue weighted by molar-refractivity contribution is -0.137. The number of amides is 2. The number of methoxy groups -OCH3 is 1. The zero-order chi connectivity index (χ0) is 24.7. The number of hydrogen-bond acceptors (Lipinski definition) is 4. The molecule has 178 valence electrons. The summed E-state index contributed by atoms with van der Waals surface area (Å²) in [5, 5.41) is 4.57. The van der Waals surface area contributed by atoms with Gasteiger partial charge < -0.3 is 15.4 Å². The molecule has 3 rings (SSSR count). The van der Waals surface area contributed by atoms with Crippen molar-refractivity contribution in [2.45, 2.75) is 29.7 Å². The second kappa shape index (κ2) is 11.1. The summed E-state index contributed by atoms with van der Waals surface area (Å²) in [4.78, 5) is 26.0. The predicted molar refractivity (Wildman–Crippen MR) is 127 cm³/mol. The van der Waals surface area contributed by atoms with Gasteiger partial charge in [0, 0.05) is 16.1 Å². The van der Waals surface area contributed by atoms with Gasteiger partial charge in [-0.2, -0.15) is 13.2 Å². The average molecular weight is 489 g/mol. The highest BCUT2D eigenvalue weighted by molar-refractivity contribution is 8.00. The molecule has 9 heteroatoms. The number of alkyl halides is 3. The zero-order valence-electron chi connectivity index (χ0n) is 18.5. The smallest absolute Gasteiger partial charge is 0.418 e. The normalized spacial score (nSPS) is 12.0. The second-order valence-electron chi connectivity index (χ2n) is 7.26. The Hall–Kier alpha value is -3.46. The number of benzene rings is 3. The first-order valence-electron chi connectivity index (χ1n) is 10.4. The Bertz CT molecular complexity index is 1170. The third-order valence-electron chi connectivity index (χ3n) is 4.86. The quantitative estimate of drug-likeness (QED) is 0.357. The Labute approximate surface area is 199 Å². The molecule has 0 aliphatic carbocycles. The van der Waals surface area contributed by atoms with Crippen molar-refractivity contribution >= 4 is 35.0 Å². The Morgan fingerprint density at radius 2 is 1.71 bits per heavy atom. The van der Waals surface area contributed by atoms with Gasteiger partial charge in [0.05, 0.1) is 23.6 Å². The highest BCUT2D eigenvalue weighted by Gasteiger charge is 2.34. The minimum Gasteiger partial charge on any atom is -0.497 e. The molecule has 0 aliphatic rings. The van der Waals surface area contributed by atoms with Gasteiger partial charge in [-0.1, -0.05) is 31.2 Å². The van der Waals surface area contributed by atoms with E-state index in [0.29, 0.717) is 28.3 Å². The second-order valence-corrected chi connectivity index (χ2v) is 8.54. The van der Waals surface area contributed by atoms with Crippen LogP contribution in [-0.4, -0.2) is 24.2 Å². The molecule has 5 nitrogen and oxygen atoms in total. The molecule has 0 saturated heterocycles. The van der Waals surface area contributed by atoms with Gasteiger partial charge in [-0.25, -0.2) is 0 Å². The lowest BCUT2D eigenvalue weighted by atomic mass is 10.1. The lowest BCUT2D eigenvalue weighted by Gasteiger charge is -2.18. The Kier molecular flexibility index (Phi) is 8.22. The van der Waals surface area contributed by atoms with E-state index in [1.54, 1.807) is 55.5 Å². The van der Waals surface area contributed by atoms with Crippen LogP contribution in [0.3, 0.4) is 0 Å². The van der Waals surface area contributed by atoms with E-state index in [1.807, 2.05) is 0 Å². The van der Waals surface area contributed by atoms with E-state index in [2.05, 4.69) is 10.6 Å². The van der Waals surface area contributed by atoms with Crippen LogP contribution in [0.2, 0.25) is 0 Å². The van der Waals surface area contributed by atoms with Gasteiger partial charge in [-0.05, 0) is 55.0 Å². The molecule has 3 aromatic rings. The summed E-state index contributed by atoms with van der Waals surface area (Å²) in [5.41, 5.74) is -0.231. The van der Waals surface area contributed by atoms with Gasteiger partial charge in [0.15, 0.2) is 0 Å². The first-order chi connectivity index (χ1) is 16.2. The monoisotopic (exact) mass is 488 g/mol. The first-order valence-corrected chi connectivity index (χ1v) is 11.3. The van der Waals surface area contributed by atoms with Crippen LogP contribution in [0.25, 0.3) is 0 Å². The third-order valence-corrected chi connectivity index (χ3v) is 6.21. The lowest BCUT2D eigenvalue weighted by Crippen LogP contribution is -2.26. The summed E-state index contributed by atoms with van der Waals surface area (Å²) < 4.78 is 44.9. The van der Waals surface area contributed by atoms with Gasteiger partial charge in [0.1, 0.15) is 5.75 Å². The van der Waals surface area contributed by atoms with Crippen LogP contribution in [0.4, 0.5) is 24.5 Å². The summed E-state index contributed by atoms with van der Waals surface area (Å²) in [6.07, 6.45) is -4.18. The number of ether oxygens (including phenoxy) is 1. The minimum absolute atomic E-state index is 0.279. The van der Waals surface area contributed by atoms with Gasteiger partial charge in [-0.3, -0.25) is 9.59 Å². The Morgan fingerprint density at radius 1 is 0.971 bits per heavy atom. The Balaban J connectivity index is 1.70. The molecule has 34 heavy (non-hydrogen) atoms. The molecule has 2 amide bonds. The van der Waals surface area contributed by atoms with Crippen molar-refractivity contribution in [3.8, 4) is 5.75 Å². The molecule has 0 radical (unpaired) electrons. The number of hydrogen-bond donors (Lipinski definition) is 2. The van der Waals surface area contributed by atoms with Crippen LogP contribution in [0.5, 0.6) is 5.75 Å². The molecule has 0 aliphatic heterocycles. The van der Waals surface area contributed by atoms with Crippen LogP contribution in [0, 0.1) is 0 Å². The van der Waals surface area contributed by atoms with E-state index in [1.165, 1.54) is 37.1 Å². The van der Waals surface area contributed by atoms with E-state index in [-0.39, 0.29) is 11.6 Å². The van der Waals surface area contributed by atoms with Crippen molar-refractivity contribution in [1.82, 2.24) is 0 Å². The number of anilines is 2. The highest BCUT2D eigenvalue weighted by atomic mass is 32.2. The number of halogens is 3. The topological polar surface area (TPSA) is 67.4 Å². The number of thioether (sulfide) groups is 1. The van der Waals surface area contributed by atoms with Crippen molar-refractivity contribution in [3.63, 3.8) is 0 Å². The van der Waals surface area contributed by atoms with Crippen LogP contribution >= 0.6 is 11.8 Å². The molecule has 0 saturated carbocycles. The molecule has 0 fully saturated rings. The first kappa shape index (κ1) is 25.2. The fraction of sp³-hybridized carbons (Fsp3) is 0.200. The number of rotatable bonds is 8. The molecular weight excluding hydrogens is 465 g/mol. The van der Waals surface area contributed by atoms with Crippen molar-refractivity contribution in [2.24, 2.45) is 0 Å². The Morgan fingerprint density at radius 3 is 2.41 bits per heavy atom. The number of nitrogens with one attached hydrogen (secondary N) is 2. The van der Waals surface area contributed by atoms with E-state index < -0.39 is 22.9 Å². The molecule has 0 bridgehead atoms. The molecule has 0 heterocycles. The van der Waals surface area contributed by atoms with Crippen LogP contribution in [0.15, 0.2) is 77.7 Å². The van der Waals surface area contributed by atoms with E-state index in [9.17, 15) is 22.8 Å². The van der Waals surface area contributed by atoms with E-state index in [4.69, 9.17) is 4.74 Å². The van der Waals surface area contributed by atoms with Crippen LogP contribution in [0.1, 0.15) is 29.3 Å². The van der Waals surface area contributed by atoms with Crippen molar-refractivity contribution in [2.75, 3.05) is 17.7 Å². The maximum Gasteiger partial charge on any atom is 0.418 e. The largest absolute Gasteiger partial charge is 0.497 e. The van der Waals surface area contributed by atoms with Crippen molar-refractivity contribution in [3.05, 3.63) is 83.9 Å². The zero-order valence-corrected chi connectivity index (χ0v) is 19.3. The number of para-hydroxylation sites is 1. The summed E-state index contributed by atoms with van der Waals surface area (Å²) >= 11 is 1.21. The van der Waals surface area contributed by atoms with E-state index in [0.717, 1.165) is 6.07 Å². The predicted octanol–water partition coefficient (Wildman–Crippen LogP) is 6.48. The fourth-order valence-electron chi connectivity index (χ4n) is 3.15. The maximum atomic E-state index is 13.2. The fourth-order valence-corrected chi connectivity index (χ4v) is 4.17. The molecular formula is C25H23F3N2O3S. The van der Waals surface area contributed by atoms with Crippen LogP contribution < -0.4 is 15.4 Å². The van der Waals surface area contributed by atoms with Crippen LogP contribution in [-0.2, 0) is 11.0 Å². The SMILES string of the molecule is CCC(Sc1cccc(NC(=O)c2cccc(OC)c2)c1)C(=O)Nc1ccccc1C(F)(F)F. The third kappa shape index (κ3) is 6.54. The van der Waals surface area contributed by atoms with Gasteiger partial charge in [0.2, 0.25) is 5.91 Å². The molecule has 0 aromatic heterocycles. The van der Waals surface area contributed by atoms with E-state index >= 15 is 0 Å². The number of carbonyl (C=O) groups excluding carboxylic acids is 2. The molecule has 2 N–H and O–H groups in total. The number of carbonyl (C=O) groups is 2. The molecule has 1 atom stereocenters. The molecule has 1 unspecified atom stereocenters. The van der Waals surface area contributed by atoms with Gasteiger partial charge >= 0.3 is 6.18 Å². The van der Waals surface area contributed by atoms with Crippen molar-refractivity contribution in [1.29, 1.82) is 0 Å². The van der Waals surface area contributed by atoms with Gasteiger partial charge in [0.25, 0.3) is 5.91 Å². The van der Waals surface area contributed by atoms with Gasteiger partial charge in [-0.15, -0.1) is 11.8 Å². The highest BCUT2D eigenvalue weighted by Crippen LogP contribution is 2.35. The molecule has 0 spiro atoms. The minimum atomic E-state index is -4.58. The summed E-state index contributed by atoms with van der Waals surface area (Å²) in [5.74, 6) is -0.300.